The highest BCUT2D eigenvalue weighted by Crippen LogP contribution is 2.20. The van der Waals surface area contributed by atoms with Crippen molar-refractivity contribution in [3.8, 4) is 0 Å². The van der Waals surface area contributed by atoms with Crippen LogP contribution in [0, 0.1) is 0 Å². The van der Waals surface area contributed by atoms with E-state index in [1.165, 1.54) is 360 Å². The number of aliphatic hydroxyl groups is 2. The van der Waals surface area contributed by atoms with E-state index < -0.39 is 12.1 Å². The van der Waals surface area contributed by atoms with Gasteiger partial charge in [-0.2, -0.15) is 0 Å². The maximum Gasteiger partial charge on any atom is 0.220 e. The number of amides is 1. The zero-order valence-electron chi connectivity index (χ0n) is 50.0. The van der Waals surface area contributed by atoms with E-state index in [0.29, 0.717) is 12.8 Å². The van der Waals surface area contributed by atoms with Crippen LogP contribution in [-0.2, 0) is 4.79 Å². The van der Waals surface area contributed by atoms with Crippen molar-refractivity contribution < 1.29 is 15.0 Å². The molecule has 0 radical (unpaired) electrons. The molecule has 4 heteroatoms. The first-order valence-electron chi connectivity index (χ1n) is 34.2. The van der Waals surface area contributed by atoms with Gasteiger partial charge in [0.25, 0.3) is 0 Å². The number of rotatable bonds is 65. The summed E-state index contributed by atoms with van der Waals surface area (Å²) in [5.41, 5.74) is 0. The number of aliphatic hydroxyl groups excluding tert-OH is 2. The Kier molecular flexibility index (Phi) is 64.1. The van der Waals surface area contributed by atoms with Crippen LogP contribution in [0.3, 0.4) is 0 Å². The van der Waals surface area contributed by atoms with Crippen molar-refractivity contribution >= 4 is 5.91 Å². The molecule has 0 aromatic carbocycles. The SMILES string of the molecule is CCCCCCCCCCCCCCCCCCCCCCCCCCCCCCCCCCCCCCCCCC(=O)NC(CO)C(O)CCCCCCCCCCCCCCCCCCCCCCC. The predicted octanol–water partition coefficient (Wildman–Crippen LogP) is 23.1. The second kappa shape index (κ2) is 64.7. The Labute approximate surface area is 454 Å². The first-order valence-corrected chi connectivity index (χ1v) is 34.2. The summed E-state index contributed by atoms with van der Waals surface area (Å²) in [6.07, 6.45) is 84.5. The van der Waals surface area contributed by atoms with Gasteiger partial charge in [0.2, 0.25) is 5.91 Å². The minimum Gasteiger partial charge on any atom is -0.394 e. The van der Waals surface area contributed by atoms with E-state index in [0.717, 1.165) is 25.7 Å². The molecule has 3 N–H and O–H groups in total. The molecule has 4 nitrogen and oxygen atoms in total. The molecule has 0 aliphatic carbocycles. The summed E-state index contributed by atoms with van der Waals surface area (Å²) in [6.45, 7) is 4.42. The molecule has 0 aliphatic rings. The Bertz CT molecular complexity index is 971. The molecule has 0 rings (SSSR count). The lowest BCUT2D eigenvalue weighted by Crippen LogP contribution is -2.45. The van der Waals surface area contributed by atoms with Crippen molar-refractivity contribution in [2.24, 2.45) is 0 Å². The fourth-order valence-corrected chi connectivity index (χ4v) is 11.4. The number of hydrogen-bond acceptors (Lipinski definition) is 3. The summed E-state index contributed by atoms with van der Waals surface area (Å²) in [7, 11) is 0. The topological polar surface area (TPSA) is 69.6 Å². The van der Waals surface area contributed by atoms with Crippen LogP contribution in [0.2, 0.25) is 0 Å². The second-order valence-corrected chi connectivity index (χ2v) is 24.0. The minimum atomic E-state index is -0.656. The molecule has 0 heterocycles. The Morgan fingerprint density at radius 2 is 0.444 bits per heavy atom. The smallest absolute Gasteiger partial charge is 0.220 e. The van der Waals surface area contributed by atoms with Gasteiger partial charge in [-0.1, -0.05) is 393 Å². The van der Waals surface area contributed by atoms with Crippen LogP contribution in [-0.4, -0.2) is 34.9 Å². The quantitative estimate of drug-likeness (QED) is 0.0532. The first-order chi connectivity index (χ1) is 35.7. The van der Waals surface area contributed by atoms with Crippen LogP contribution in [0.25, 0.3) is 0 Å². The van der Waals surface area contributed by atoms with Crippen molar-refractivity contribution in [3.63, 3.8) is 0 Å². The van der Waals surface area contributed by atoms with Gasteiger partial charge in [-0.25, -0.2) is 0 Å². The van der Waals surface area contributed by atoms with E-state index in [-0.39, 0.29) is 12.5 Å². The molecule has 0 fully saturated rings. The molecule has 432 valence electrons. The third-order valence-electron chi connectivity index (χ3n) is 16.6. The Morgan fingerprint density at radius 1 is 0.278 bits per heavy atom. The zero-order valence-corrected chi connectivity index (χ0v) is 50.0. The molecule has 2 unspecified atom stereocenters. The van der Waals surface area contributed by atoms with E-state index in [1.807, 2.05) is 0 Å². The number of carbonyl (C=O) groups excluding carboxylic acids is 1. The summed E-state index contributed by atoms with van der Waals surface area (Å²) in [6, 6.07) is -0.532. The van der Waals surface area contributed by atoms with Crippen molar-refractivity contribution in [1.82, 2.24) is 5.32 Å². The van der Waals surface area contributed by atoms with Gasteiger partial charge in [-0.15, -0.1) is 0 Å². The first kappa shape index (κ1) is 71.4. The summed E-state index contributed by atoms with van der Waals surface area (Å²) >= 11 is 0. The predicted molar refractivity (Wildman–Crippen MR) is 323 cm³/mol. The van der Waals surface area contributed by atoms with Crippen LogP contribution in [0.5, 0.6) is 0 Å². The molecule has 0 aromatic rings. The lowest BCUT2D eigenvalue weighted by molar-refractivity contribution is -0.123. The number of hydrogen-bond donors (Lipinski definition) is 3. The van der Waals surface area contributed by atoms with Crippen molar-refractivity contribution in [2.45, 2.75) is 424 Å². The Balaban J connectivity index is 3.33. The fraction of sp³-hybridized carbons (Fsp3) is 0.985. The average molecular weight is 1020 g/mol. The molecular weight excluding hydrogens is 879 g/mol. The molecule has 0 spiro atoms. The molecule has 0 aromatic heterocycles. The maximum absolute atomic E-state index is 12.5. The van der Waals surface area contributed by atoms with E-state index in [2.05, 4.69) is 19.2 Å². The molecule has 0 saturated heterocycles. The van der Waals surface area contributed by atoms with Gasteiger partial charge in [-0.3, -0.25) is 4.79 Å². The number of nitrogens with one attached hydrogen (secondary N) is 1. The van der Waals surface area contributed by atoms with E-state index in [1.54, 1.807) is 0 Å². The molecule has 72 heavy (non-hydrogen) atoms. The molecule has 2 atom stereocenters. The Morgan fingerprint density at radius 3 is 0.625 bits per heavy atom. The van der Waals surface area contributed by atoms with Crippen LogP contribution >= 0.6 is 0 Å². The molecular formula is C68H137NO3. The van der Waals surface area contributed by atoms with Crippen LogP contribution in [0.1, 0.15) is 412 Å². The van der Waals surface area contributed by atoms with Crippen molar-refractivity contribution in [2.75, 3.05) is 6.61 Å². The Hall–Kier alpha value is -0.610. The van der Waals surface area contributed by atoms with E-state index in [4.69, 9.17) is 0 Å². The van der Waals surface area contributed by atoms with Crippen LogP contribution in [0.4, 0.5) is 0 Å². The van der Waals surface area contributed by atoms with Crippen molar-refractivity contribution in [3.05, 3.63) is 0 Å². The lowest BCUT2D eigenvalue weighted by Gasteiger charge is -2.22. The molecule has 1 amide bonds. The summed E-state index contributed by atoms with van der Waals surface area (Å²) in [4.78, 5) is 12.5. The normalized spacial score (nSPS) is 12.6. The van der Waals surface area contributed by atoms with Gasteiger partial charge < -0.3 is 15.5 Å². The molecule has 0 saturated carbocycles. The largest absolute Gasteiger partial charge is 0.394 e. The monoisotopic (exact) mass is 1020 g/mol. The van der Waals surface area contributed by atoms with E-state index >= 15 is 0 Å². The highest BCUT2D eigenvalue weighted by Gasteiger charge is 2.20. The van der Waals surface area contributed by atoms with Gasteiger partial charge >= 0.3 is 0 Å². The lowest BCUT2D eigenvalue weighted by atomic mass is 10.0. The standard InChI is InChI=1S/C68H137NO3/c1-3-5-7-9-11-13-15-17-19-21-23-25-26-27-28-29-30-31-32-33-34-35-36-37-38-39-40-41-42-44-46-48-50-52-54-56-58-60-62-64-68(72)69-66(65-70)67(71)63-61-59-57-55-53-51-49-47-45-43-24-22-20-18-16-14-12-10-8-6-4-2/h66-67,70-71H,3-65H2,1-2H3,(H,69,72). The maximum atomic E-state index is 12.5. The summed E-state index contributed by atoms with van der Waals surface area (Å²) in [5, 5.41) is 23.4. The summed E-state index contributed by atoms with van der Waals surface area (Å²) < 4.78 is 0. The minimum absolute atomic E-state index is 0.0200. The highest BCUT2D eigenvalue weighted by atomic mass is 16.3. The fourth-order valence-electron chi connectivity index (χ4n) is 11.4. The average Bonchev–Trinajstić information content (AvgIpc) is 3.39. The van der Waals surface area contributed by atoms with Crippen LogP contribution < -0.4 is 5.32 Å². The third-order valence-corrected chi connectivity index (χ3v) is 16.6. The van der Waals surface area contributed by atoms with Gasteiger partial charge in [0.15, 0.2) is 0 Å². The molecule has 0 bridgehead atoms. The third kappa shape index (κ3) is 60.3. The van der Waals surface area contributed by atoms with Gasteiger partial charge in [0, 0.05) is 6.42 Å². The second-order valence-electron chi connectivity index (χ2n) is 24.0. The van der Waals surface area contributed by atoms with E-state index in [9.17, 15) is 15.0 Å². The summed E-state index contributed by atoms with van der Waals surface area (Å²) in [5.74, 6) is -0.0200. The van der Waals surface area contributed by atoms with Gasteiger partial charge in [0.1, 0.15) is 0 Å². The van der Waals surface area contributed by atoms with Gasteiger partial charge in [-0.05, 0) is 12.8 Å². The molecule has 0 aliphatic heterocycles. The van der Waals surface area contributed by atoms with Crippen LogP contribution in [0.15, 0.2) is 0 Å². The number of carbonyl (C=O) groups is 1. The zero-order chi connectivity index (χ0) is 52.0. The van der Waals surface area contributed by atoms with Crippen molar-refractivity contribution in [1.29, 1.82) is 0 Å². The number of unbranched alkanes of at least 4 members (excludes halogenated alkanes) is 58. The highest BCUT2D eigenvalue weighted by molar-refractivity contribution is 5.76. The van der Waals surface area contributed by atoms with Gasteiger partial charge in [0.05, 0.1) is 18.8 Å².